The molecule has 0 aliphatic rings. The van der Waals surface area contributed by atoms with Gasteiger partial charge in [0.2, 0.25) is 5.91 Å². The van der Waals surface area contributed by atoms with E-state index in [4.69, 9.17) is 11.5 Å². The zero-order valence-electron chi connectivity index (χ0n) is 13.1. The Morgan fingerprint density at radius 2 is 1.39 bits per heavy atom. The lowest BCUT2D eigenvalue weighted by atomic mass is 9.89. The number of carbonyl (C=O) groups excluding carboxylic acids is 1. The molecule has 2 aromatic carbocycles. The van der Waals surface area contributed by atoms with E-state index in [0.717, 1.165) is 11.1 Å². The molecule has 0 aromatic heterocycles. The van der Waals surface area contributed by atoms with Gasteiger partial charge in [0.15, 0.2) is 0 Å². The second-order valence-electron chi connectivity index (χ2n) is 5.95. The number of aliphatic hydroxyl groups excluding tert-OH is 1. The van der Waals surface area contributed by atoms with Gasteiger partial charge in [-0.3, -0.25) is 4.79 Å². The maximum atomic E-state index is 11.7. The number of hydrogen-bond donors (Lipinski definition) is 3. The molecule has 0 heterocycles. The van der Waals surface area contributed by atoms with Gasteiger partial charge in [-0.25, -0.2) is 0 Å². The summed E-state index contributed by atoms with van der Waals surface area (Å²) in [5.74, 6) is -0.825. The first-order valence-electron chi connectivity index (χ1n) is 7.87. The monoisotopic (exact) mass is 312 g/mol. The highest BCUT2D eigenvalue weighted by Gasteiger charge is 2.24. The predicted molar refractivity (Wildman–Crippen MR) is 91.6 cm³/mol. The Labute approximate surface area is 137 Å². The molecule has 1 amide bonds. The molecule has 0 fully saturated rings. The van der Waals surface area contributed by atoms with Crippen molar-refractivity contribution in [1.82, 2.24) is 0 Å². The largest absolute Gasteiger partial charge is 0.391 e. The molecule has 3 atom stereocenters. The van der Waals surface area contributed by atoms with E-state index in [0.29, 0.717) is 12.8 Å². The Kier molecular flexibility index (Phi) is 6.32. The lowest BCUT2D eigenvalue weighted by Gasteiger charge is -2.23. The van der Waals surface area contributed by atoms with Gasteiger partial charge in [0.05, 0.1) is 6.10 Å². The van der Waals surface area contributed by atoms with E-state index in [9.17, 15) is 9.90 Å². The summed E-state index contributed by atoms with van der Waals surface area (Å²) >= 11 is 0. The van der Waals surface area contributed by atoms with Crippen LogP contribution >= 0.6 is 0 Å². The normalized spacial score (nSPS) is 14.9. The fraction of sp³-hybridized carbons (Fsp3) is 0.316. The van der Waals surface area contributed by atoms with Crippen molar-refractivity contribution in [3.05, 3.63) is 71.8 Å². The molecule has 0 bridgehead atoms. The van der Waals surface area contributed by atoms with Gasteiger partial charge in [0.25, 0.3) is 0 Å². The van der Waals surface area contributed by atoms with E-state index in [1.54, 1.807) is 0 Å². The molecule has 23 heavy (non-hydrogen) atoms. The topological polar surface area (TPSA) is 89.3 Å². The number of carbonyl (C=O) groups is 1. The van der Waals surface area contributed by atoms with Gasteiger partial charge in [-0.1, -0.05) is 60.7 Å². The van der Waals surface area contributed by atoms with Gasteiger partial charge in [0, 0.05) is 12.0 Å². The van der Waals surface area contributed by atoms with Crippen LogP contribution in [0.5, 0.6) is 0 Å². The summed E-state index contributed by atoms with van der Waals surface area (Å²) in [4.78, 5) is 11.7. The van der Waals surface area contributed by atoms with Crippen LogP contribution in [0, 0.1) is 5.92 Å². The second kappa shape index (κ2) is 8.46. The maximum Gasteiger partial charge on any atom is 0.220 e. The van der Waals surface area contributed by atoms with Crippen molar-refractivity contribution < 1.29 is 9.90 Å². The van der Waals surface area contributed by atoms with Crippen LogP contribution in [-0.4, -0.2) is 23.2 Å². The van der Waals surface area contributed by atoms with Crippen LogP contribution in [-0.2, 0) is 17.6 Å². The van der Waals surface area contributed by atoms with Crippen LogP contribution in [0.25, 0.3) is 0 Å². The van der Waals surface area contributed by atoms with E-state index < -0.39 is 24.0 Å². The molecule has 0 saturated heterocycles. The Hall–Kier alpha value is -2.17. The van der Waals surface area contributed by atoms with Gasteiger partial charge in [-0.05, 0) is 30.4 Å². The third-order valence-electron chi connectivity index (χ3n) is 4.06. The van der Waals surface area contributed by atoms with Crippen LogP contribution in [0.1, 0.15) is 17.5 Å². The fourth-order valence-electron chi connectivity index (χ4n) is 2.69. The van der Waals surface area contributed by atoms with Crippen molar-refractivity contribution in [3.8, 4) is 0 Å². The average molecular weight is 312 g/mol. The number of rotatable bonds is 8. The maximum absolute atomic E-state index is 11.7. The lowest BCUT2D eigenvalue weighted by Crippen LogP contribution is -2.40. The number of primary amides is 1. The van der Waals surface area contributed by atoms with E-state index in [1.807, 2.05) is 60.7 Å². The number of benzene rings is 2. The second-order valence-corrected chi connectivity index (χ2v) is 5.95. The molecule has 0 radical (unpaired) electrons. The van der Waals surface area contributed by atoms with Gasteiger partial charge in [-0.15, -0.1) is 0 Å². The van der Waals surface area contributed by atoms with Crippen molar-refractivity contribution in [3.63, 3.8) is 0 Å². The highest BCUT2D eigenvalue weighted by molar-refractivity contribution is 5.77. The molecule has 4 heteroatoms. The number of aliphatic hydroxyl groups is 1. The Morgan fingerprint density at radius 1 is 0.913 bits per heavy atom. The molecule has 2 rings (SSSR count). The zero-order chi connectivity index (χ0) is 16.7. The molecule has 0 aliphatic heterocycles. The first-order chi connectivity index (χ1) is 11.1. The van der Waals surface area contributed by atoms with Crippen molar-refractivity contribution in [2.75, 3.05) is 0 Å². The molecule has 0 saturated carbocycles. The first kappa shape index (κ1) is 17.2. The van der Waals surface area contributed by atoms with Gasteiger partial charge >= 0.3 is 0 Å². The van der Waals surface area contributed by atoms with E-state index >= 15 is 0 Å². The summed E-state index contributed by atoms with van der Waals surface area (Å²) in [6.07, 6.45) is 0.596. The highest BCUT2D eigenvalue weighted by atomic mass is 16.3. The number of nitrogens with two attached hydrogens (primary N) is 2. The molecule has 4 nitrogen and oxygen atoms in total. The SMILES string of the molecule is NC(=O)[C@H](Cc1ccccc1)C[C@H](O)[C@@H](N)Cc1ccccc1. The number of amides is 1. The average Bonchev–Trinajstić information content (AvgIpc) is 2.56. The molecule has 2 aromatic rings. The molecule has 0 unspecified atom stereocenters. The summed E-state index contributed by atoms with van der Waals surface area (Å²) in [5, 5.41) is 10.3. The Bertz CT molecular complexity index is 601. The zero-order valence-corrected chi connectivity index (χ0v) is 13.1. The van der Waals surface area contributed by atoms with Crippen LogP contribution in [0.4, 0.5) is 0 Å². The standard InChI is InChI=1S/C19H24N2O2/c20-17(12-15-9-5-2-6-10-15)18(22)13-16(19(21)23)11-14-7-3-1-4-8-14/h1-10,16-18,22H,11-13,20H2,(H2,21,23)/t16-,17+,18+/m1/s1. The minimum Gasteiger partial charge on any atom is -0.391 e. The minimum atomic E-state index is -0.767. The number of hydrogen-bond acceptors (Lipinski definition) is 3. The third kappa shape index (κ3) is 5.51. The third-order valence-corrected chi connectivity index (χ3v) is 4.06. The molecule has 122 valence electrons. The summed E-state index contributed by atoms with van der Waals surface area (Å²) in [7, 11) is 0. The molecule has 0 spiro atoms. The summed E-state index contributed by atoms with van der Waals surface area (Å²) in [6.45, 7) is 0. The summed E-state index contributed by atoms with van der Waals surface area (Å²) in [6, 6.07) is 19.0. The Morgan fingerprint density at radius 3 is 1.87 bits per heavy atom. The van der Waals surface area contributed by atoms with Crippen LogP contribution in [0.2, 0.25) is 0 Å². The fourth-order valence-corrected chi connectivity index (χ4v) is 2.69. The summed E-state index contributed by atoms with van der Waals surface area (Å²) < 4.78 is 0. The molecular formula is C19H24N2O2. The van der Waals surface area contributed by atoms with Crippen LogP contribution in [0.15, 0.2) is 60.7 Å². The van der Waals surface area contributed by atoms with Gasteiger partial charge in [0.1, 0.15) is 0 Å². The van der Waals surface area contributed by atoms with E-state index in [2.05, 4.69) is 0 Å². The van der Waals surface area contributed by atoms with Gasteiger partial charge < -0.3 is 16.6 Å². The summed E-state index contributed by atoms with van der Waals surface area (Å²) in [5.41, 5.74) is 13.7. The van der Waals surface area contributed by atoms with Crippen molar-refractivity contribution in [1.29, 1.82) is 0 Å². The lowest BCUT2D eigenvalue weighted by molar-refractivity contribution is -0.122. The van der Waals surface area contributed by atoms with Crippen molar-refractivity contribution in [2.45, 2.75) is 31.4 Å². The van der Waals surface area contributed by atoms with Crippen LogP contribution in [0.3, 0.4) is 0 Å². The van der Waals surface area contributed by atoms with Crippen molar-refractivity contribution >= 4 is 5.91 Å². The smallest absolute Gasteiger partial charge is 0.220 e. The molecule has 5 N–H and O–H groups in total. The molecule has 0 aliphatic carbocycles. The highest BCUT2D eigenvalue weighted by Crippen LogP contribution is 2.17. The quantitative estimate of drug-likeness (QED) is 0.692. The molecular weight excluding hydrogens is 288 g/mol. The van der Waals surface area contributed by atoms with E-state index in [-0.39, 0.29) is 6.42 Å². The van der Waals surface area contributed by atoms with Crippen molar-refractivity contribution in [2.24, 2.45) is 17.4 Å². The Balaban J connectivity index is 1.94. The van der Waals surface area contributed by atoms with E-state index in [1.165, 1.54) is 0 Å². The van der Waals surface area contributed by atoms with Crippen LogP contribution < -0.4 is 11.5 Å². The minimum absolute atomic E-state index is 0.276. The first-order valence-corrected chi connectivity index (χ1v) is 7.87. The van der Waals surface area contributed by atoms with Gasteiger partial charge in [-0.2, -0.15) is 0 Å². The predicted octanol–water partition coefficient (Wildman–Crippen LogP) is 1.65.